The smallest absolute Gasteiger partial charge is 0.236 e. The number of aromatic nitrogens is 1. The van der Waals surface area contributed by atoms with Crippen LogP contribution in [-0.4, -0.2) is 18.7 Å². The highest BCUT2D eigenvalue weighted by molar-refractivity contribution is 9.10. The lowest BCUT2D eigenvalue weighted by molar-refractivity contribution is 0.486. The molecule has 6 heteroatoms. The number of sulfonamides is 1. The number of hydrogen-bond acceptors (Lipinski definition) is 3. The highest BCUT2D eigenvalue weighted by atomic mass is 79.9. The molecular formula is C11H15BrN2O2S. The van der Waals surface area contributed by atoms with Crippen LogP contribution >= 0.6 is 15.9 Å². The largest absolute Gasteiger partial charge is 0.266 e. The maximum Gasteiger partial charge on any atom is 0.236 e. The zero-order valence-electron chi connectivity index (χ0n) is 9.39. The molecule has 4 nitrogen and oxygen atoms in total. The van der Waals surface area contributed by atoms with Gasteiger partial charge in [-0.05, 0) is 40.9 Å². The highest BCUT2D eigenvalue weighted by Gasteiger charge is 2.27. The van der Waals surface area contributed by atoms with E-state index in [0.717, 1.165) is 32.1 Å². The molecule has 0 spiro atoms. The molecule has 0 saturated heterocycles. The van der Waals surface area contributed by atoms with Crippen molar-refractivity contribution in [3.05, 3.63) is 22.8 Å². The minimum Gasteiger partial charge on any atom is -0.266 e. The van der Waals surface area contributed by atoms with Gasteiger partial charge in [0.25, 0.3) is 0 Å². The van der Waals surface area contributed by atoms with Crippen molar-refractivity contribution in [1.29, 1.82) is 0 Å². The van der Waals surface area contributed by atoms with Crippen LogP contribution in [0.15, 0.2) is 22.8 Å². The van der Waals surface area contributed by atoms with Gasteiger partial charge in [0, 0.05) is 6.20 Å². The molecule has 94 valence electrons. The van der Waals surface area contributed by atoms with Gasteiger partial charge in [0.05, 0.1) is 9.72 Å². The Kier molecular flexibility index (Phi) is 4.04. The predicted molar refractivity (Wildman–Crippen MR) is 71.4 cm³/mol. The van der Waals surface area contributed by atoms with Crippen molar-refractivity contribution >= 4 is 31.8 Å². The molecule has 17 heavy (non-hydrogen) atoms. The molecule has 0 aromatic carbocycles. The molecule has 0 amide bonds. The van der Waals surface area contributed by atoms with Gasteiger partial charge in [-0.15, -0.1) is 0 Å². The number of halogens is 1. The molecule has 1 heterocycles. The van der Waals surface area contributed by atoms with Crippen molar-refractivity contribution in [3.8, 4) is 0 Å². The lowest BCUT2D eigenvalue weighted by Gasteiger charge is -2.22. The molecule has 1 saturated carbocycles. The summed E-state index contributed by atoms with van der Waals surface area (Å²) < 4.78 is 27.5. The maximum atomic E-state index is 12.1. The minimum absolute atomic E-state index is 0.273. The van der Waals surface area contributed by atoms with Crippen LogP contribution in [0.3, 0.4) is 0 Å². The molecule has 0 unspecified atom stereocenters. The van der Waals surface area contributed by atoms with Gasteiger partial charge < -0.3 is 0 Å². The summed E-state index contributed by atoms with van der Waals surface area (Å²) >= 11 is 3.28. The molecule has 1 aromatic heterocycles. The number of anilines is 1. The van der Waals surface area contributed by atoms with E-state index in [1.807, 2.05) is 0 Å². The zero-order chi connectivity index (χ0) is 12.3. The van der Waals surface area contributed by atoms with Gasteiger partial charge in [0.15, 0.2) is 5.82 Å². The topological polar surface area (TPSA) is 59.1 Å². The average Bonchev–Trinajstić information content (AvgIpc) is 2.33. The second kappa shape index (κ2) is 5.35. The standard InChI is InChI=1S/C11H15BrN2O2S/c12-10-7-4-8-13-11(10)14-17(15,16)9-5-2-1-3-6-9/h4,7-9H,1-3,5-6H2,(H,13,14). The molecule has 1 fully saturated rings. The first-order chi connectivity index (χ1) is 8.09. The van der Waals surface area contributed by atoms with Gasteiger partial charge in [0.1, 0.15) is 0 Å². The summed E-state index contributed by atoms with van der Waals surface area (Å²) in [5.41, 5.74) is 0. The quantitative estimate of drug-likeness (QED) is 0.932. The lowest BCUT2D eigenvalue weighted by Crippen LogP contribution is -2.30. The average molecular weight is 319 g/mol. The molecule has 1 aliphatic carbocycles. The third-order valence-corrected chi connectivity index (χ3v) is 5.46. The van der Waals surface area contributed by atoms with Gasteiger partial charge in [0.2, 0.25) is 10.0 Å². The van der Waals surface area contributed by atoms with Crippen LogP contribution in [0.2, 0.25) is 0 Å². The Morgan fingerprint density at radius 2 is 2.00 bits per heavy atom. The summed E-state index contributed by atoms with van der Waals surface area (Å²) in [5.74, 6) is 0.373. The lowest BCUT2D eigenvalue weighted by atomic mass is 10.0. The second-order valence-electron chi connectivity index (χ2n) is 4.24. The van der Waals surface area contributed by atoms with Crippen molar-refractivity contribution in [2.75, 3.05) is 4.72 Å². The van der Waals surface area contributed by atoms with E-state index in [9.17, 15) is 8.42 Å². The Labute approximate surface area is 110 Å². The number of hydrogen-bond donors (Lipinski definition) is 1. The summed E-state index contributed by atoms with van der Waals surface area (Å²) in [5, 5.41) is -0.273. The highest BCUT2D eigenvalue weighted by Crippen LogP contribution is 2.26. The van der Waals surface area contributed by atoms with Gasteiger partial charge >= 0.3 is 0 Å². The molecule has 0 aliphatic heterocycles. The predicted octanol–water partition coefficient (Wildman–Crippen LogP) is 2.92. The van der Waals surface area contributed by atoms with Gasteiger partial charge in [-0.25, -0.2) is 13.4 Å². The van der Waals surface area contributed by atoms with E-state index >= 15 is 0 Å². The van der Waals surface area contributed by atoms with E-state index < -0.39 is 10.0 Å². The van der Waals surface area contributed by atoms with Crippen molar-refractivity contribution in [2.24, 2.45) is 0 Å². The van der Waals surface area contributed by atoms with Gasteiger partial charge in [-0.2, -0.15) is 0 Å². The van der Waals surface area contributed by atoms with Crippen LogP contribution in [-0.2, 0) is 10.0 Å². The first-order valence-electron chi connectivity index (χ1n) is 5.72. The molecule has 0 radical (unpaired) electrons. The monoisotopic (exact) mass is 318 g/mol. The SMILES string of the molecule is O=S(=O)(Nc1ncccc1Br)C1CCCCC1. The van der Waals surface area contributed by atoms with E-state index in [4.69, 9.17) is 0 Å². The molecule has 1 aliphatic rings. The summed E-state index contributed by atoms with van der Waals surface area (Å²) in [4.78, 5) is 4.02. The summed E-state index contributed by atoms with van der Waals surface area (Å²) in [6.45, 7) is 0. The van der Waals surface area contributed by atoms with Crippen molar-refractivity contribution in [2.45, 2.75) is 37.4 Å². The van der Waals surface area contributed by atoms with E-state index in [1.165, 1.54) is 0 Å². The summed E-state index contributed by atoms with van der Waals surface area (Å²) in [7, 11) is -3.30. The summed E-state index contributed by atoms with van der Waals surface area (Å²) in [6.07, 6.45) is 6.20. The number of nitrogens with one attached hydrogen (secondary N) is 1. The van der Waals surface area contributed by atoms with Crippen LogP contribution < -0.4 is 4.72 Å². The van der Waals surface area contributed by atoms with E-state index in [2.05, 4.69) is 25.6 Å². The Hall–Kier alpha value is -0.620. The molecule has 1 N–H and O–H groups in total. The Balaban J connectivity index is 2.14. The molecule has 2 rings (SSSR count). The number of rotatable bonds is 3. The Morgan fingerprint density at radius 1 is 1.29 bits per heavy atom. The normalized spacial score (nSPS) is 17.9. The van der Waals surface area contributed by atoms with E-state index in [-0.39, 0.29) is 5.25 Å². The van der Waals surface area contributed by atoms with E-state index in [0.29, 0.717) is 10.3 Å². The van der Waals surface area contributed by atoms with Crippen LogP contribution in [0.4, 0.5) is 5.82 Å². The second-order valence-corrected chi connectivity index (χ2v) is 7.06. The minimum atomic E-state index is -3.30. The first-order valence-corrected chi connectivity index (χ1v) is 8.06. The van der Waals surface area contributed by atoms with Crippen LogP contribution in [0.1, 0.15) is 32.1 Å². The fourth-order valence-corrected chi connectivity index (χ4v) is 4.09. The van der Waals surface area contributed by atoms with Gasteiger partial charge in [-0.3, -0.25) is 4.72 Å². The third-order valence-electron chi connectivity index (χ3n) is 2.99. The molecule has 0 bridgehead atoms. The maximum absolute atomic E-state index is 12.1. The van der Waals surface area contributed by atoms with Crippen LogP contribution in [0.5, 0.6) is 0 Å². The van der Waals surface area contributed by atoms with Crippen molar-refractivity contribution in [3.63, 3.8) is 0 Å². The molecule has 1 aromatic rings. The fourth-order valence-electron chi connectivity index (χ4n) is 2.05. The Bertz CT molecular complexity index is 484. The third kappa shape index (κ3) is 3.19. The first kappa shape index (κ1) is 12.8. The zero-order valence-corrected chi connectivity index (χ0v) is 11.8. The van der Waals surface area contributed by atoms with Crippen LogP contribution in [0, 0.1) is 0 Å². The summed E-state index contributed by atoms with van der Waals surface area (Å²) in [6, 6.07) is 3.52. The van der Waals surface area contributed by atoms with Crippen molar-refractivity contribution < 1.29 is 8.42 Å². The number of nitrogens with zero attached hydrogens (tertiary/aromatic N) is 1. The fraction of sp³-hybridized carbons (Fsp3) is 0.545. The van der Waals surface area contributed by atoms with E-state index in [1.54, 1.807) is 18.3 Å². The number of pyridine rings is 1. The molecule has 0 atom stereocenters. The van der Waals surface area contributed by atoms with Gasteiger partial charge in [-0.1, -0.05) is 19.3 Å². The molecular weight excluding hydrogens is 304 g/mol. The van der Waals surface area contributed by atoms with Crippen molar-refractivity contribution in [1.82, 2.24) is 4.98 Å². The Morgan fingerprint density at radius 3 is 2.65 bits per heavy atom. The van der Waals surface area contributed by atoms with Crippen LogP contribution in [0.25, 0.3) is 0 Å².